The van der Waals surface area contributed by atoms with E-state index in [1.54, 1.807) is 22.7 Å². The van der Waals surface area contributed by atoms with Crippen molar-refractivity contribution in [2.45, 2.75) is 30.4 Å². The van der Waals surface area contributed by atoms with Gasteiger partial charge in [0.25, 0.3) is 0 Å². The van der Waals surface area contributed by atoms with E-state index in [1.807, 2.05) is 23.3 Å². The van der Waals surface area contributed by atoms with Gasteiger partial charge < -0.3 is 10.8 Å². The van der Waals surface area contributed by atoms with Gasteiger partial charge in [-0.15, -0.1) is 34.4 Å². The first-order chi connectivity index (χ1) is 14.2. The number of pyridine rings is 1. The van der Waals surface area contributed by atoms with Crippen LogP contribution in [-0.4, -0.2) is 27.4 Å². The number of aliphatic hydroxyl groups excluding tert-OH is 1. The molecular weight excluding hydrogens is 418 g/mol. The Hall–Kier alpha value is -1.93. The first-order valence-corrected chi connectivity index (χ1v) is 12.3. The van der Waals surface area contributed by atoms with E-state index in [1.165, 1.54) is 12.8 Å². The van der Waals surface area contributed by atoms with Gasteiger partial charge in [-0.1, -0.05) is 37.6 Å². The van der Waals surface area contributed by atoms with Crippen LogP contribution in [0.4, 0.5) is 5.69 Å². The quantitative estimate of drug-likeness (QED) is 0.255. The first-order valence-electron chi connectivity index (χ1n) is 9.67. The minimum Gasteiger partial charge on any atom is -0.397 e. The van der Waals surface area contributed by atoms with Gasteiger partial charge in [0.1, 0.15) is 15.5 Å². The summed E-state index contributed by atoms with van der Waals surface area (Å²) in [4.78, 5) is 10.3. The SMILES string of the molecule is CCCCSc1sc2nc(-c3nccs3)cc(-c3ccc(CCO)cc3)c2c1N. The number of fused-ring (bicyclic) bond motifs is 1. The Labute approximate surface area is 182 Å². The van der Waals surface area contributed by atoms with Crippen molar-refractivity contribution in [1.82, 2.24) is 9.97 Å². The van der Waals surface area contributed by atoms with Gasteiger partial charge >= 0.3 is 0 Å². The number of thiazole rings is 1. The Balaban J connectivity index is 1.85. The number of thioether (sulfide) groups is 1. The first kappa shape index (κ1) is 20.3. The average molecular weight is 442 g/mol. The van der Waals surface area contributed by atoms with Crippen LogP contribution in [0.1, 0.15) is 25.3 Å². The van der Waals surface area contributed by atoms with Crippen LogP contribution in [0, 0.1) is 0 Å². The average Bonchev–Trinajstić information content (AvgIpc) is 3.37. The molecule has 1 aromatic carbocycles. The predicted molar refractivity (Wildman–Crippen MR) is 127 cm³/mol. The number of nitrogens with two attached hydrogens (primary N) is 1. The van der Waals surface area contributed by atoms with E-state index in [9.17, 15) is 5.11 Å². The lowest BCUT2D eigenvalue weighted by atomic mass is 10.00. The van der Waals surface area contributed by atoms with Crippen LogP contribution in [0.15, 0.2) is 46.1 Å². The molecule has 0 unspecified atom stereocenters. The highest BCUT2D eigenvalue weighted by molar-refractivity contribution is 8.01. The molecule has 0 saturated heterocycles. The van der Waals surface area contributed by atoms with E-state index < -0.39 is 0 Å². The topological polar surface area (TPSA) is 72.0 Å². The molecule has 7 heteroatoms. The molecule has 0 radical (unpaired) electrons. The molecule has 3 aromatic heterocycles. The molecule has 4 nitrogen and oxygen atoms in total. The smallest absolute Gasteiger partial charge is 0.141 e. The van der Waals surface area contributed by atoms with Gasteiger partial charge in [0.2, 0.25) is 0 Å². The zero-order valence-electron chi connectivity index (χ0n) is 16.2. The van der Waals surface area contributed by atoms with E-state index in [0.29, 0.717) is 6.42 Å². The van der Waals surface area contributed by atoms with E-state index in [2.05, 4.69) is 42.2 Å². The molecule has 3 N–H and O–H groups in total. The molecule has 4 rings (SSSR count). The molecule has 4 aromatic rings. The van der Waals surface area contributed by atoms with E-state index in [4.69, 9.17) is 10.7 Å². The number of benzene rings is 1. The second-order valence-electron chi connectivity index (χ2n) is 6.75. The molecule has 150 valence electrons. The van der Waals surface area contributed by atoms with Gasteiger partial charge in [0.15, 0.2) is 0 Å². The summed E-state index contributed by atoms with van der Waals surface area (Å²) in [5.41, 5.74) is 11.6. The molecule has 0 aliphatic carbocycles. The summed E-state index contributed by atoms with van der Waals surface area (Å²) in [5.74, 6) is 1.07. The number of hydrogen-bond donors (Lipinski definition) is 2. The number of anilines is 1. The Bertz CT molecular complexity index is 1090. The third-order valence-electron chi connectivity index (χ3n) is 4.71. The second kappa shape index (κ2) is 9.26. The third-order valence-corrected chi connectivity index (χ3v) is 7.98. The van der Waals surface area contributed by atoms with Crippen LogP contribution in [0.25, 0.3) is 32.0 Å². The predicted octanol–water partition coefficient (Wildman–Crippen LogP) is 6.10. The summed E-state index contributed by atoms with van der Waals surface area (Å²) in [5, 5.41) is 13.1. The Kier molecular flexibility index (Phi) is 6.50. The molecular formula is C22H23N3OS3. The highest BCUT2D eigenvalue weighted by Gasteiger charge is 2.18. The number of rotatable bonds is 8. The van der Waals surface area contributed by atoms with Crippen LogP contribution in [0.5, 0.6) is 0 Å². The molecule has 0 atom stereocenters. The van der Waals surface area contributed by atoms with Crippen molar-refractivity contribution in [2.75, 3.05) is 18.1 Å². The maximum Gasteiger partial charge on any atom is 0.141 e. The van der Waals surface area contributed by atoms with Crippen LogP contribution >= 0.6 is 34.4 Å². The van der Waals surface area contributed by atoms with E-state index in [0.717, 1.165) is 53.3 Å². The fraction of sp³-hybridized carbons (Fsp3) is 0.273. The van der Waals surface area contributed by atoms with Crippen LogP contribution < -0.4 is 5.73 Å². The van der Waals surface area contributed by atoms with Crippen molar-refractivity contribution >= 4 is 50.3 Å². The number of thiophene rings is 1. The van der Waals surface area contributed by atoms with Crippen LogP contribution in [0.3, 0.4) is 0 Å². The Morgan fingerprint density at radius 1 is 1.21 bits per heavy atom. The highest BCUT2D eigenvalue weighted by Crippen LogP contribution is 2.45. The fourth-order valence-electron chi connectivity index (χ4n) is 3.18. The summed E-state index contributed by atoms with van der Waals surface area (Å²) < 4.78 is 1.15. The minimum atomic E-state index is 0.156. The van der Waals surface area contributed by atoms with Gasteiger partial charge in [-0.05, 0) is 41.4 Å². The van der Waals surface area contributed by atoms with Gasteiger partial charge in [0, 0.05) is 23.6 Å². The number of hydrogen-bond acceptors (Lipinski definition) is 7. The normalized spacial score (nSPS) is 11.4. The lowest BCUT2D eigenvalue weighted by Crippen LogP contribution is -1.92. The number of aliphatic hydroxyl groups is 1. The van der Waals surface area contributed by atoms with Gasteiger partial charge in [-0.3, -0.25) is 0 Å². The van der Waals surface area contributed by atoms with Crippen molar-refractivity contribution in [3.05, 3.63) is 47.5 Å². The van der Waals surface area contributed by atoms with E-state index in [-0.39, 0.29) is 6.61 Å². The monoisotopic (exact) mass is 441 g/mol. The summed E-state index contributed by atoms with van der Waals surface area (Å²) in [6.07, 6.45) is 4.82. The van der Waals surface area contributed by atoms with Crippen molar-refractivity contribution in [3.63, 3.8) is 0 Å². The molecule has 0 amide bonds. The largest absolute Gasteiger partial charge is 0.397 e. The van der Waals surface area contributed by atoms with Crippen molar-refractivity contribution in [3.8, 4) is 21.8 Å². The maximum atomic E-state index is 9.19. The minimum absolute atomic E-state index is 0.156. The van der Waals surface area contributed by atoms with Crippen LogP contribution in [-0.2, 0) is 6.42 Å². The summed E-state index contributed by atoms with van der Waals surface area (Å²) in [6.45, 7) is 2.36. The standard InChI is InChI=1S/C22H23N3OS3/c1-2-3-11-28-22-19(23)18-16(15-6-4-14(5-7-15)8-10-26)13-17(25-21(18)29-22)20-24-9-12-27-20/h4-7,9,12-13,26H,2-3,8,10-11,23H2,1H3. The lowest BCUT2D eigenvalue weighted by Gasteiger charge is -2.08. The van der Waals surface area contributed by atoms with E-state index >= 15 is 0 Å². The Morgan fingerprint density at radius 2 is 2.03 bits per heavy atom. The molecule has 29 heavy (non-hydrogen) atoms. The second-order valence-corrected chi connectivity index (χ2v) is 10.0. The molecule has 0 aliphatic heterocycles. The number of nitrogen functional groups attached to an aromatic ring is 1. The summed E-state index contributed by atoms with van der Waals surface area (Å²) in [7, 11) is 0. The van der Waals surface area contributed by atoms with Crippen LogP contribution in [0.2, 0.25) is 0 Å². The van der Waals surface area contributed by atoms with Crippen molar-refractivity contribution in [2.24, 2.45) is 0 Å². The highest BCUT2D eigenvalue weighted by atomic mass is 32.2. The maximum absolute atomic E-state index is 9.19. The van der Waals surface area contributed by atoms with Gasteiger partial charge in [-0.25, -0.2) is 9.97 Å². The molecule has 0 saturated carbocycles. The molecule has 0 fully saturated rings. The molecule has 0 spiro atoms. The number of aromatic nitrogens is 2. The van der Waals surface area contributed by atoms with Crippen molar-refractivity contribution in [1.29, 1.82) is 0 Å². The fourth-order valence-corrected chi connectivity index (χ4v) is 6.23. The molecule has 0 aliphatic rings. The zero-order chi connectivity index (χ0) is 20.2. The third kappa shape index (κ3) is 4.33. The molecule has 3 heterocycles. The van der Waals surface area contributed by atoms with Crippen molar-refractivity contribution < 1.29 is 5.11 Å². The van der Waals surface area contributed by atoms with Gasteiger partial charge in [0.05, 0.1) is 9.90 Å². The number of nitrogens with zero attached hydrogens (tertiary/aromatic N) is 2. The summed E-state index contributed by atoms with van der Waals surface area (Å²) >= 11 is 5.10. The zero-order valence-corrected chi connectivity index (χ0v) is 18.7. The Morgan fingerprint density at radius 3 is 2.72 bits per heavy atom. The lowest BCUT2D eigenvalue weighted by molar-refractivity contribution is 0.299. The molecule has 0 bridgehead atoms. The number of unbranched alkanes of at least 4 members (excludes halogenated alkanes) is 1. The summed E-state index contributed by atoms with van der Waals surface area (Å²) in [6, 6.07) is 10.4. The van der Waals surface area contributed by atoms with Gasteiger partial charge in [-0.2, -0.15) is 0 Å².